The van der Waals surface area contributed by atoms with E-state index in [4.69, 9.17) is 5.11 Å². The first kappa shape index (κ1) is 21.1. The lowest BCUT2D eigenvalue weighted by Gasteiger charge is -2.19. The number of amides is 1. The molecule has 3 rings (SSSR count). The van der Waals surface area contributed by atoms with Gasteiger partial charge in [-0.2, -0.15) is 0 Å². The maximum absolute atomic E-state index is 12.9. The Labute approximate surface area is 175 Å². The Morgan fingerprint density at radius 2 is 1.33 bits per heavy atom. The standard InChI is InChI=1S/C23H24N4O3/c28-22(27-16-10-18-7-13-25-14-8-18)21(19-1-3-20(4-2-19)23(29)30)26-15-9-17-5-11-24-12-6-17/h1-8,11-14,21,26H,9-10,15-16H2,(H,27,28)(H,29,30). The van der Waals surface area contributed by atoms with E-state index in [1.165, 1.54) is 12.1 Å². The molecule has 7 heteroatoms. The van der Waals surface area contributed by atoms with Gasteiger partial charge < -0.3 is 15.7 Å². The number of rotatable bonds is 10. The van der Waals surface area contributed by atoms with Crippen molar-refractivity contribution < 1.29 is 14.7 Å². The van der Waals surface area contributed by atoms with Crippen LogP contribution in [-0.2, 0) is 17.6 Å². The summed E-state index contributed by atoms with van der Waals surface area (Å²) in [4.78, 5) is 32.0. The Hall–Kier alpha value is -3.58. The zero-order valence-electron chi connectivity index (χ0n) is 16.5. The first-order chi connectivity index (χ1) is 14.6. The van der Waals surface area contributed by atoms with Crippen LogP contribution in [0.2, 0.25) is 0 Å². The first-order valence-electron chi connectivity index (χ1n) is 9.75. The van der Waals surface area contributed by atoms with E-state index in [9.17, 15) is 9.59 Å². The predicted octanol–water partition coefficient (Wildman–Crippen LogP) is 2.41. The fraction of sp³-hybridized carbons (Fsp3) is 0.217. The summed E-state index contributed by atoms with van der Waals surface area (Å²) in [6.07, 6.45) is 8.38. The van der Waals surface area contributed by atoms with E-state index in [-0.39, 0.29) is 11.5 Å². The van der Waals surface area contributed by atoms with E-state index in [2.05, 4.69) is 20.6 Å². The number of hydrogen-bond donors (Lipinski definition) is 3. The van der Waals surface area contributed by atoms with E-state index in [0.29, 0.717) is 19.5 Å². The maximum Gasteiger partial charge on any atom is 0.335 e. The third kappa shape index (κ3) is 6.22. The Morgan fingerprint density at radius 1 is 0.800 bits per heavy atom. The first-order valence-corrected chi connectivity index (χ1v) is 9.75. The van der Waals surface area contributed by atoms with Gasteiger partial charge in [0.1, 0.15) is 6.04 Å². The summed E-state index contributed by atoms with van der Waals surface area (Å²) in [5.41, 5.74) is 3.12. The Morgan fingerprint density at radius 3 is 1.87 bits per heavy atom. The van der Waals surface area contributed by atoms with E-state index < -0.39 is 12.0 Å². The normalized spacial score (nSPS) is 11.6. The molecule has 30 heavy (non-hydrogen) atoms. The van der Waals surface area contributed by atoms with Gasteiger partial charge in [-0.15, -0.1) is 0 Å². The number of benzene rings is 1. The van der Waals surface area contributed by atoms with E-state index >= 15 is 0 Å². The lowest BCUT2D eigenvalue weighted by atomic mass is 10.0. The Balaban J connectivity index is 1.64. The Bertz CT molecular complexity index is 947. The second-order valence-corrected chi connectivity index (χ2v) is 6.82. The minimum Gasteiger partial charge on any atom is -0.478 e. The third-order valence-corrected chi connectivity index (χ3v) is 4.73. The Kier molecular flexibility index (Phi) is 7.63. The highest BCUT2D eigenvalue weighted by molar-refractivity contribution is 5.88. The van der Waals surface area contributed by atoms with Gasteiger partial charge in [0.2, 0.25) is 5.91 Å². The average molecular weight is 404 g/mol. The predicted molar refractivity (Wildman–Crippen MR) is 113 cm³/mol. The molecule has 2 aromatic heterocycles. The van der Waals surface area contributed by atoms with Gasteiger partial charge in [0.05, 0.1) is 5.56 Å². The molecule has 7 nitrogen and oxygen atoms in total. The van der Waals surface area contributed by atoms with Crippen LogP contribution in [0.5, 0.6) is 0 Å². The van der Waals surface area contributed by atoms with Crippen molar-refractivity contribution in [1.29, 1.82) is 0 Å². The van der Waals surface area contributed by atoms with Gasteiger partial charge in [-0.3, -0.25) is 14.8 Å². The smallest absolute Gasteiger partial charge is 0.335 e. The topological polar surface area (TPSA) is 104 Å². The van der Waals surface area contributed by atoms with E-state index in [1.54, 1.807) is 36.9 Å². The maximum atomic E-state index is 12.9. The van der Waals surface area contributed by atoms with Gasteiger partial charge in [-0.25, -0.2) is 4.79 Å². The number of aromatic carboxylic acids is 1. The van der Waals surface area contributed by atoms with Crippen molar-refractivity contribution in [3.8, 4) is 0 Å². The summed E-state index contributed by atoms with van der Waals surface area (Å²) in [5, 5.41) is 15.4. The largest absolute Gasteiger partial charge is 0.478 e. The van der Waals surface area contributed by atoms with Crippen LogP contribution in [0, 0.1) is 0 Å². The second kappa shape index (κ2) is 10.8. The number of carbonyl (C=O) groups excluding carboxylic acids is 1. The molecular formula is C23H24N4O3. The van der Waals surface area contributed by atoms with Crippen molar-refractivity contribution in [2.75, 3.05) is 13.1 Å². The molecule has 1 aromatic carbocycles. The number of carbonyl (C=O) groups is 2. The molecule has 0 aliphatic carbocycles. The summed E-state index contributed by atoms with van der Waals surface area (Å²) in [6, 6.07) is 13.5. The number of aromatic nitrogens is 2. The molecule has 0 aliphatic rings. The number of carboxylic acids is 1. The van der Waals surface area contributed by atoms with Gasteiger partial charge in [0.15, 0.2) is 0 Å². The summed E-state index contributed by atoms with van der Waals surface area (Å²) in [7, 11) is 0. The monoisotopic (exact) mass is 404 g/mol. The molecule has 154 valence electrons. The van der Waals surface area contributed by atoms with E-state index in [0.717, 1.165) is 23.1 Å². The highest BCUT2D eigenvalue weighted by Crippen LogP contribution is 2.15. The molecule has 1 unspecified atom stereocenters. The van der Waals surface area contributed by atoms with Crippen molar-refractivity contribution in [2.24, 2.45) is 0 Å². The molecule has 0 bridgehead atoms. The van der Waals surface area contributed by atoms with Crippen molar-refractivity contribution >= 4 is 11.9 Å². The van der Waals surface area contributed by atoms with Gasteiger partial charge in [0, 0.05) is 37.9 Å². The third-order valence-electron chi connectivity index (χ3n) is 4.73. The number of nitrogens with one attached hydrogen (secondary N) is 2. The molecule has 0 aliphatic heterocycles. The van der Waals surface area contributed by atoms with Crippen molar-refractivity contribution in [3.05, 3.63) is 95.6 Å². The SMILES string of the molecule is O=C(O)c1ccc(C(NCCc2ccncc2)C(=O)NCCc2ccncc2)cc1. The average Bonchev–Trinajstić information content (AvgIpc) is 2.78. The molecule has 0 spiro atoms. The lowest BCUT2D eigenvalue weighted by molar-refractivity contribution is -0.123. The molecule has 0 fully saturated rings. The van der Waals surface area contributed by atoms with E-state index in [1.807, 2.05) is 24.3 Å². The molecule has 3 N–H and O–H groups in total. The molecule has 0 radical (unpaired) electrons. The summed E-state index contributed by atoms with van der Waals surface area (Å²) in [6.45, 7) is 1.09. The molecular weight excluding hydrogens is 380 g/mol. The van der Waals surface area contributed by atoms with Crippen LogP contribution in [0.4, 0.5) is 0 Å². The van der Waals surface area contributed by atoms with Crippen molar-refractivity contribution in [3.63, 3.8) is 0 Å². The fourth-order valence-electron chi connectivity index (χ4n) is 3.07. The number of carboxylic acid groups (broad SMARTS) is 1. The fourth-order valence-corrected chi connectivity index (χ4v) is 3.07. The van der Waals surface area contributed by atoms with Gasteiger partial charge in [0.25, 0.3) is 0 Å². The number of hydrogen-bond acceptors (Lipinski definition) is 5. The van der Waals surface area contributed by atoms with Crippen molar-refractivity contribution in [1.82, 2.24) is 20.6 Å². The minimum absolute atomic E-state index is 0.151. The summed E-state index contributed by atoms with van der Waals surface area (Å²) < 4.78 is 0. The molecule has 2 heterocycles. The van der Waals surface area contributed by atoms with Crippen LogP contribution in [-0.4, -0.2) is 40.0 Å². The lowest BCUT2D eigenvalue weighted by Crippen LogP contribution is -2.39. The molecule has 0 saturated carbocycles. The molecule has 1 amide bonds. The molecule has 0 saturated heterocycles. The van der Waals surface area contributed by atoms with Crippen LogP contribution in [0.1, 0.15) is 33.1 Å². The number of pyridine rings is 2. The zero-order valence-corrected chi connectivity index (χ0v) is 16.5. The molecule has 3 aromatic rings. The van der Waals surface area contributed by atoms with Gasteiger partial charge >= 0.3 is 5.97 Å². The number of nitrogens with zero attached hydrogens (tertiary/aromatic N) is 2. The summed E-state index contributed by atoms with van der Waals surface area (Å²) >= 11 is 0. The quantitative estimate of drug-likeness (QED) is 0.479. The second-order valence-electron chi connectivity index (χ2n) is 6.82. The van der Waals surface area contributed by atoms with Gasteiger partial charge in [-0.05, 0) is 65.9 Å². The molecule has 1 atom stereocenters. The highest BCUT2D eigenvalue weighted by Gasteiger charge is 2.20. The van der Waals surface area contributed by atoms with Crippen LogP contribution >= 0.6 is 0 Å². The summed E-state index contributed by atoms with van der Waals surface area (Å²) in [5.74, 6) is -1.15. The van der Waals surface area contributed by atoms with Gasteiger partial charge in [-0.1, -0.05) is 12.1 Å². The highest BCUT2D eigenvalue weighted by atomic mass is 16.4. The van der Waals surface area contributed by atoms with Crippen LogP contribution in [0.3, 0.4) is 0 Å². The minimum atomic E-state index is -0.995. The van der Waals surface area contributed by atoms with Crippen LogP contribution in [0.15, 0.2) is 73.3 Å². The van der Waals surface area contributed by atoms with Crippen molar-refractivity contribution in [2.45, 2.75) is 18.9 Å². The van der Waals surface area contributed by atoms with Crippen LogP contribution < -0.4 is 10.6 Å². The zero-order chi connectivity index (χ0) is 21.2. The van der Waals surface area contributed by atoms with Crippen LogP contribution in [0.25, 0.3) is 0 Å².